The van der Waals surface area contributed by atoms with Crippen LogP contribution >= 0.6 is 0 Å². The van der Waals surface area contributed by atoms with Gasteiger partial charge in [-0.05, 0) is 42.9 Å². The molecule has 0 unspecified atom stereocenters. The Kier molecular flexibility index (Phi) is 8.23. The van der Waals surface area contributed by atoms with E-state index in [1.54, 1.807) is 30.5 Å². The van der Waals surface area contributed by atoms with Crippen molar-refractivity contribution in [2.24, 2.45) is 4.99 Å². The lowest BCUT2D eigenvalue weighted by molar-refractivity contribution is 0.0697. The molecule has 2 aromatic carbocycles. The van der Waals surface area contributed by atoms with Crippen LogP contribution in [-0.4, -0.2) is 30.4 Å². The Bertz CT molecular complexity index is 576. The van der Waals surface area contributed by atoms with Gasteiger partial charge < -0.3 is 10.4 Å². The molecule has 0 radical (unpaired) electrons. The van der Waals surface area contributed by atoms with Crippen molar-refractivity contribution in [3.05, 3.63) is 65.7 Å². The Hall–Kier alpha value is -2.46. The standard InChI is InChI=1S/C14H11NO2.C4H11N/c16-14(17)12-6-8-13(9-7-12)15-10-11-4-2-1-3-5-11;1-3-5-4-2/h1-10H,(H,16,17);5H,3-4H2,1-2H3. The molecule has 0 heterocycles. The van der Waals surface area contributed by atoms with Gasteiger partial charge in [0, 0.05) is 6.21 Å². The molecular weight excluding hydrogens is 276 g/mol. The number of rotatable bonds is 5. The normalized spacial score (nSPS) is 10.1. The summed E-state index contributed by atoms with van der Waals surface area (Å²) in [4.78, 5) is 14.9. The van der Waals surface area contributed by atoms with Crippen molar-refractivity contribution in [3.63, 3.8) is 0 Å². The minimum Gasteiger partial charge on any atom is -0.478 e. The Morgan fingerprint density at radius 2 is 1.64 bits per heavy atom. The van der Waals surface area contributed by atoms with Gasteiger partial charge in [-0.25, -0.2) is 4.79 Å². The van der Waals surface area contributed by atoms with Gasteiger partial charge in [0.15, 0.2) is 0 Å². The zero-order valence-electron chi connectivity index (χ0n) is 13.0. The molecule has 0 spiro atoms. The van der Waals surface area contributed by atoms with E-state index in [1.807, 2.05) is 30.3 Å². The zero-order chi connectivity index (χ0) is 16.2. The maximum Gasteiger partial charge on any atom is 0.335 e. The van der Waals surface area contributed by atoms with E-state index in [1.165, 1.54) is 0 Å². The van der Waals surface area contributed by atoms with Crippen LogP contribution < -0.4 is 5.32 Å². The van der Waals surface area contributed by atoms with Crippen molar-refractivity contribution in [2.75, 3.05) is 13.1 Å². The van der Waals surface area contributed by atoms with Crippen LogP contribution in [0.2, 0.25) is 0 Å². The number of hydrogen-bond acceptors (Lipinski definition) is 3. The molecule has 2 rings (SSSR count). The van der Waals surface area contributed by atoms with Gasteiger partial charge in [-0.3, -0.25) is 4.99 Å². The van der Waals surface area contributed by atoms with Crippen LogP contribution in [0.15, 0.2) is 59.6 Å². The summed E-state index contributed by atoms with van der Waals surface area (Å²) < 4.78 is 0. The van der Waals surface area contributed by atoms with Gasteiger partial charge in [-0.2, -0.15) is 0 Å². The van der Waals surface area contributed by atoms with Gasteiger partial charge in [0.2, 0.25) is 0 Å². The smallest absolute Gasteiger partial charge is 0.335 e. The molecule has 4 nitrogen and oxygen atoms in total. The summed E-state index contributed by atoms with van der Waals surface area (Å²) in [5.74, 6) is -0.927. The lowest BCUT2D eigenvalue weighted by Crippen LogP contribution is -2.09. The van der Waals surface area contributed by atoms with Crippen molar-refractivity contribution < 1.29 is 9.90 Å². The molecule has 116 valence electrons. The van der Waals surface area contributed by atoms with Crippen molar-refractivity contribution in [1.29, 1.82) is 0 Å². The largest absolute Gasteiger partial charge is 0.478 e. The van der Waals surface area contributed by atoms with E-state index < -0.39 is 5.97 Å². The molecule has 2 N–H and O–H groups in total. The third-order valence-corrected chi connectivity index (χ3v) is 2.78. The molecule has 0 fully saturated rings. The number of nitrogens with zero attached hydrogens (tertiary/aromatic N) is 1. The molecule has 0 aliphatic heterocycles. The van der Waals surface area contributed by atoms with Crippen molar-refractivity contribution in [3.8, 4) is 0 Å². The third kappa shape index (κ3) is 6.81. The molecular formula is C18H22N2O2. The summed E-state index contributed by atoms with van der Waals surface area (Å²) in [6, 6.07) is 16.2. The van der Waals surface area contributed by atoms with Gasteiger partial charge in [0.05, 0.1) is 11.3 Å². The molecule has 4 heteroatoms. The molecule has 0 bridgehead atoms. The Labute approximate surface area is 131 Å². The highest BCUT2D eigenvalue weighted by Gasteiger charge is 2.00. The number of benzene rings is 2. The molecule has 2 aromatic rings. The van der Waals surface area contributed by atoms with E-state index >= 15 is 0 Å². The van der Waals surface area contributed by atoms with Crippen LogP contribution in [0.3, 0.4) is 0 Å². The molecule has 0 aliphatic carbocycles. The summed E-state index contributed by atoms with van der Waals surface area (Å²) in [7, 11) is 0. The zero-order valence-corrected chi connectivity index (χ0v) is 13.0. The van der Waals surface area contributed by atoms with Gasteiger partial charge >= 0.3 is 5.97 Å². The summed E-state index contributed by atoms with van der Waals surface area (Å²) in [6.45, 7) is 6.39. The minimum atomic E-state index is -0.927. The topological polar surface area (TPSA) is 61.7 Å². The number of carbonyl (C=O) groups is 1. The quantitative estimate of drug-likeness (QED) is 0.826. The number of hydrogen-bond donors (Lipinski definition) is 2. The number of nitrogens with one attached hydrogen (secondary N) is 1. The SMILES string of the molecule is CCNCC.O=C(O)c1ccc(N=Cc2ccccc2)cc1. The monoisotopic (exact) mass is 298 g/mol. The molecule has 0 aromatic heterocycles. The van der Waals surface area contributed by atoms with E-state index in [2.05, 4.69) is 24.2 Å². The molecule has 22 heavy (non-hydrogen) atoms. The van der Waals surface area contributed by atoms with Gasteiger partial charge in [-0.15, -0.1) is 0 Å². The van der Waals surface area contributed by atoms with Gasteiger partial charge in [0.25, 0.3) is 0 Å². The molecule has 0 atom stereocenters. The van der Waals surface area contributed by atoms with Crippen LogP contribution in [0.5, 0.6) is 0 Å². The first-order chi connectivity index (χ1) is 10.7. The number of aliphatic imine (C=N–C) groups is 1. The van der Waals surface area contributed by atoms with Gasteiger partial charge in [0.1, 0.15) is 0 Å². The maximum absolute atomic E-state index is 10.7. The summed E-state index contributed by atoms with van der Waals surface area (Å²) in [5, 5.41) is 11.9. The van der Waals surface area contributed by atoms with Crippen molar-refractivity contribution in [2.45, 2.75) is 13.8 Å². The summed E-state index contributed by atoms with van der Waals surface area (Å²) >= 11 is 0. The molecule has 0 saturated heterocycles. The number of aromatic carboxylic acids is 1. The highest BCUT2D eigenvalue weighted by Crippen LogP contribution is 2.13. The first-order valence-corrected chi connectivity index (χ1v) is 7.30. The lowest BCUT2D eigenvalue weighted by atomic mass is 10.2. The van der Waals surface area contributed by atoms with E-state index in [4.69, 9.17) is 5.11 Å². The fourth-order valence-corrected chi connectivity index (χ4v) is 1.63. The van der Waals surface area contributed by atoms with Crippen LogP contribution in [0.4, 0.5) is 5.69 Å². The van der Waals surface area contributed by atoms with E-state index in [9.17, 15) is 4.79 Å². The fraction of sp³-hybridized carbons (Fsp3) is 0.222. The van der Waals surface area contributed by atoms with Crippen LogP contribution in [0, 0.1) is 0 Å². The van der Waals surface area contributed by atoms with E-state index in [-0.39, 0.29) is 5.56 Å². The van der Waals surface area contributed by atoms with Crippen LogP contribution in [0.1, 0.15) is 29.8 Å². The second kappa shape index (κ2) is 10.3. The average Bonchev–Trinajstić information content (AvgIpc) is 2.55. The van der Waals surface area contributed by atoms with Crippen molar-refractivity contribution in [1.82, 2.24) is 5.32 Å². The summed E-state index contributed by atoms with van der Waals surface area (Å²) in [5.41, 5.74) is 2.01. The second-order valence-electron chi connectivity index (χ2n) is 4.48. The second-order valence-corrected chi connectivity index (χ2v) is 4.48. The van der Waals surface area contributed by atoms with Gasteiger partial charge in [-0.1, -0.05) is 44.2 Å². The minimum absolute atomic E-state index is 0.267. The number of carboxylic acid groups (broad SMARTS) is 1. The first-order valence-electron chi connectivity index (χ1n) is 7.30. The molecule has 0 saturated carbocycles. The predicted octanol–water partition coefficient (Wildman–Crippen LogP) is 3.75. The maximum atomic E-state index is 10.7. The highest BCUT2D eigenvalue weighted by molar-refractivity contribution is 5.88. The average molecular weight is 298 g/mol. The molecule has 0 aliphatic rings. The van der Waals surface area contributed by atoms with Crippen LogP contribution in [0.25, 0.3) is 0 Å². The first kappa shape index (κ1) is 17.6. The van der Waals surface area contributed by atoms with Crippen LogP contribution in [-0.2, 0) is 0 Å². The Morgan fingerprint density at radius 1 is 1.05 bits per heavy atom. The lowest BCUT2D eigenvalue weighted by Gasteiger charge is -1.96. The Balaban J connectivity index is 0.000000422. The molecule has 0 amide bonds. The fourth-order valence-electron chi connectivity index (χ4n) is 1.63. The van der Waals surface area contributed by atoms with Crippen molar-refractivity contribution >= 4 is 17.9 Å². The third-order valence-electron chi connectivity index (χ3n) is 2.78. The Morgan fingerprint density at radius 3 is 2.09 bits per heavy atom. The highest BCUT2D eigenvalue weighted by atomic mass is 16.4. The van der Waals surface area contributed by atoms with E-state index in [0.29, 0.717) is 0 Å². The number of carboxylic acids is 1. The van der Waals surface area contributed by atoms with E-state index in [0.717, 1.165) is 24.3 Å². The predicted molar refractivity (Wildman–Crippen MR) is 91.3 cm³/mol. The summed E-state index contributed by atoms with van der Waals surface area (Å²) in [6.07, 6.45) is 1.75.